The lowest BCUT2D eigenvalue weighted by Gasteiger charge is -2.19. The van der Waals surface area contributed by atoms with Crippen LogP contribution in [-0.4, -0.2) is 24.7 Å². The van der Waals surface area contributed by atoms with Crippen LogP contribution >= 0.6 is 0 Å². The van der Waals surface area contributed by atoms with Crippen molar-refractivity contribution in [2.75, 3.05) is 6.61 Å². The Hall–Kier alpha value is -1.29. The summed E-state index contributed by atoms with van der Waals surface area (Å²) < 4.78 is 10.9. The van der Waals surface area contributed by atoms with Crippen molar-refractivity contribution >= 4 is 5.91 Å². The summed E-state index contributed by atoms with van der Waals surface area (Å²) >= 11 is 0. The highest BCUT2D eigenvalue weighted by molar-refractivity contribution is 5.91. The van der Waals surface area contributed by atoms with Gasteiger partial charge in [-0.25, -0.2) is 0 Å². The van der Waals surface area contributed by atoms with E-state index in [-0.39, 0.29) is 18.1 Å². The van der Waals surface area contributed by atoms with Gasteiger partial charge in [0, 0.05) is 13.0 Å². The third-order valence-electron chi connectivity index (χ3n) is 3.12. The molecule has 4 heteroatoms. The maximum atomic E-state index is 11.9. The number of aryl methyl sites for hydroxylation is 1. The van der Waals surface area contributed by atoms with E-state index in [2.05, 4.69) is 5.32 Å². The monoisotopic (exact) mass is 237 g/mol. The number of furan rings is 1. The van der Waals surface area contributed by atoms with Crippen molar-refractivity contribution < 1.29 is 13.9 Å². The first-order valence-electron chi connectivity index (χ1n) is 6.22. The normalized spacial score (nSPS) is 21.4. The Labute approximate surface area is 101 Å². The molecule has 0 bridgehead atoms. The molecule has 0 unspecified atom stereocenters. The molecule has 1 fully saturated rings. The molecule has 1 N–H and O–H groups in total. The molecule has 94 valence electrons. The Bertz CT molecular complexity index is 380. The van der Waals surface area contributed by atoms with Gasteiger partial charge in [0.15, 0.2) is 5.76 Å². The van der Waals surface area contributed by atoms with Crippen LogP contribution in [0.3, 0.4) is 0 Å². The van der Waals surface area contributed by atoms with Crippen LogP contribution in [0.2, 0.25) is 0 Å². The molecule has 1 aromatic rings. The quantitative estimate of drug-likeness (QED) is 0.872. The third-order valence-corrected chi connectivity index (χ3v) is 3.12. The van der Waals surface area contributed by atoms with E-state index < -0.39 is 0 Å². The summed E-state index contributed by atoms with van der Waals surface area (Å²) in [5.41, 5.74) is 0. The molecule has 2 heterocycles. The molecule has 2 atom stereocenters. The Morgan fingerprint density at radius 2 is 2.41 bits per heavy atom. The van der Waals surface area contributed by atoms with Crippen LogP contribution in [0.4, 0.5) is 0 Å². The second-order valence-corrected chi connectivity index (χ2v) is 4.43. The zero-order chi connectivity index (χ0) is 12.3. The molecular formula is C13H19NO3. The zero-order valence-corrected chi connectivity index (χ0v) is 10.4. The maximum Gasteiger partial charge on any atom is 0.287 e. The van der Waals surface area contributed by atoms with Crippen LogP contribution in [0.15, 0.2) is 16.5 Å². The van der Waals surface area contributed by atoms with E-state index in [9.17, 15) is 4.79 Å². The van der Waals surface area contributed by atoms with Crippen LogP contribution < -0.4 is 5.32 Å². The second kappa shape index (κ2) is 5.36. The lowest BCUT2D eigenvalue weighted by atomic mass is 10.1. The van der Waals surface area contributed by atoms with Gasteiger partial charge in [-0.2, -0.15) is 0 Å². The Balaban J connectivity index is 1.91. The minimum atomic E-state index is -0.160. The molecule has 1 aromatic heterocycles. The van der Waals surface area contributed by atoms with Crippen molar-refractivity contribution in [1.29, 1.82) is 0 Å². The molecule has 0 radical (unpaired) electrons. The minimum Gasteiger partial charge on any atom is -0.456 e. The second-order valence-electron chi connectivity index (χ2n) is 4.43. The number of ether oxygens (including phenoxy) is 1. The standard InChI is InChI=1S/C13H19NO3/c1-3-10-6-7-12(17-10)13(15)14-9(2)11-5-4-8-16-11/h6-7,9,11H,3-5,8H2,1-2H3,(H,14,15)/t9-,11+/m0/s1. The minimum absolute atomic E-state index is 0.0279. The van der Waals surface area contributed by atoms with Crippen molar-refractivity contribution in [2.45, 2.75) is 45.3 Å². The highest BCUT2D eigenvalue weighted by Gasteiger charge is 2.24. The molecular weight excluding hydrogens is 218 g/mol. The Kier molecular flexibility index (Phi) is 3.84. The summed E-state index contributed by atoms with van der Waals surface area (Å²) in [6, 6.07) is 3.59. The number of carbonyl (C=O) groups excluding carboxylic acids is 1. The number of hydrogen-bond acceptors (Lipinski definition) is 3. The number of carbonyl (C=O) groups is 1. The molecule has 1 aliphatic heterocycles. The first kappa shape index (κ1) is 12.2. The first-order valence-corrected chi connectivity index (χ1v) is 6.22. The molecule has 4 nitrogen and oxygen atoms in total. The summed E-state index contributed by atoms with van der Waals surface area (Å²) in [6.45, 7) is 4.76. The molecule has 0 aromatic carbocycles. The van der Waals surface area contributed by atoms with Crippen LogP contribution in [0.25, 0.3) is 0 Å². The highest BCUT2D eigenvalue weighted by Crippen LogP contribution is 2.16. The summed E-state index contributed by atoms with van der Waals surface area (Å²) in [7, 11) is 0. The van der Waals surface area contributed by atoms with E-state index in [1.807, 2.05) is 19.9 Å². The van der Waals surface area contributed by atoms with Crippen molar-refractivity contribution in [3.05, 3.63) is 23.7 Å². The molecule has 1 amide bonds. The van der Waals surface area contributed by atoms with Crippen LogP contribution in [0.1, 0.15) is 43.0 Å². The SMILES string of the molecule is CCc1ccc(C(=O)N[C@@H](C)[C@H]2CCCO2)o1. The number of amides is 1. The van der Waals surface area contributed by atoms with Crippen LogP contribution in [-0.2, 0) is 11.2 Å². The van der Waals surface area contributed by atoms with Gasteiger partial charge in [-0.05, 0) is 31.9 Å². The van der Waals surface area contributed by atoms with Gasteiger partial charge in [-0.3, -0.25) is 4.79 Å². The van der Waals surface area contributed by atoms with Crippen LogP contribution in [0, 0.1) is 0 Å². The average molecular weight is 237 g/mol. The summed E-state index contributed by atoms with van der Waals surface area (Å²) in [5.74, 6) is 1.05. The van der Waals surface area contributed by atoms with Crippen molar-refractivity contribution in [3.8, 4) is 0 Å². The van der Waals surface area contributed by atoms with E-state index in [4.69, 9.17) is 9.15 Å². The fraction of sp³-hybridized carbons (Fsp3) is 0.615. The molecule has 0 spiro atoms. The fourth-order valence-corrected chi connectivity index (χ4v) is 2.06. The third kappa shape index (κ3) is 2.88. The summed E-state index contributed by atoms with van der Waals surface area (Å²) in [5, 5.41) is 2.92. The van der Waals surface area contributed by atoms with Gasteiger partial charge in [0.25, 0.3) is 5.91 Å². The topological polar surface area (TPSA) is 51.5 Å². The van der Waals surface area contributed by atoms with Crippen LogP contribution in [0.5, 0.6) is 0 Å². The van der Waals surface area contributed by atoms with E-state index in [0.717, 1.165) is 31.6 Å². The molecule has 2 rings (SSSR count). The number of rotatable bonds is 4. The lowest BCUT2D eigenvalue weighted by Crippen LogP contribution is -2.40. The van der Waals surface area contributed by atoms with Crippen molar-refractivity contribution in [3.63, 3.8) is 0 Å². The first-order chi connectivity index (χ1) is 8.20. The molecule has 17 heavy (non-hydrogen) atoms. The predicted octanol–water partition coefficient (Wildman–Crippen LogP) is 2.14. The molecule has 1 saturated heterocycles. The number of hydrogen-bond donors (Lipinski definition) is 1. The molecule has 0 saturated carbocycles. The maximum absolute atomic E-state index is 11.9. The van der Waals surface area contributed by atoms with Crippen molar-refractivity contribution in [1.82, 2.24) is 5.32 Å². The summed E-state index contributed by atoms with van der Waals surface area (Å²) in [4.78, 5) is 11.9. The smallest absolute Gasteiger partial charge is 0.287 e. The largest absolute Gasteiger partial charge is 0.456 e. The van der Waals surface area contributed by atoms with Crippen molar-refractivity contribution in [2.24, 2.45) is 0 Å². The average Bonchev–Trinajstić information content (AvgIpc) is 3.00. The zero-order valence-electron chi connectivity index (χ0n) is 10.4. The van der Waals surface area contributed by atoms with E-state index in [1.165, 1.54) is 0 Å². The van der Waals surface area contributed by atoms with Gasteiger partial charge in [-0.1, -0.05) is 6.92 Å². The van der Waals surface area contributed by atoms with Gasteiger partial charge in [-0.15, -0.1) is 0 Å². The van der Waals surface area contributed by atoms with E-state index in [1.54, 1.807) is 6.07 Å². The van der Waals surface area contributed by atoms with E-state index in [0.29, 0.717) is 5.76 Å². The fourth-order valence-electron chi connectivity index (χ4n) is 2.06. The lowest BCUT2D eigenvalue weighted by molar-refractivity contribution is 0.0696. The summed E-state index contributed by atoms with van der Waals surface area (Å²) in [6.07, 6.45) is 3.03. The molecule has 0 aliphatic carbocycles. The molecule has 1 aliphatic rings. The van der Waals surface area contributed by atoms with Gasteiger partial charge in [0.1, 0.15) is 5.76 Å². The van der Waals surface area contributed by atoms with Gasteiger partial charge in [0.05, 0.1) is 12.1 Å². The Morgan fingerprint density at radius 1 is 1.59 bits per heavy atom. The van der Waals surface area contributed by atoms with E-state index >= 15 is 0 Å². The van der Waals surface area contributed by atoms with Gasteiger partial charge >= 0.3 is 0 Å². The Morgan fingerprint density at radius 3 is 3.00 bits per heavy atom. The highest BCUT2D eigenvalue weighted by atomic mass is 16.5. The van der Waals surface area contributed by atoms with Gasteiger partial charge < -0.3 is 14.5 Å². The van der Waals surface area contributed by atoms with Gasteiger partial charge in [0.2, 0.25) is 0 Å². The number of nitrogens with one attached hydrogen (secondary N) is 1. The predicted molar refractivity (Wildman–Crippen MR) is 64.0 cm³/mol.